The quantitative estimate of drug-likeness (QED) is 0.817. The molecule has 0 atom stereocenters. The van der Waals surface area contributed by atoms with E-state index in [1.165, 1.54) is 0 Å². The van der Waals surface area contributed by atoms with E-state index in [1.807, 2.05) is 0 Å². The number of nitrogens with zero attached hydrogens (tertiary/aromatic N) is 2. The van der Waals surface area contributed by atoms with Crippen molar-refractivity contribution >= 4 is 17.5 Å². The minimum Gasteiger partial charge on any atom is -0.481 e. The Morgan fingerprint density at radius 2 is 1.88 bits per heavy atom. The smallest absolute Gasteiger partial charge is 0.229 e. The van der Waals surface area contributed by atoms with Gasteiger partial charge in [0.25, 0.3) is 0 Å². The number of alkyl halides is 1. The molecule has 0 amide bonds. The molecule has 0 aromatic carbocycles. The lowest BCUT2D eigenvalue weighted by molar-refractivity contribution is 0.339. The Kier molecular flexibility index (Phi) is 3.89. The first-order valence-electron chi connectivity index (χ1n) is 5.56. The second-order valence-corrected chi connectivity index (χ2v) is 4.71. The van der Waals surface area contributed by atoms with Gasteiger partial charge in [-0.15, -0.1) is 11.6 Å². The van der Waals surface area contributed by atoms with Gasteiger partial charge in [-0.25, -0.2) is 0 Å². The van der Waals surface area contributed by atoms with Crippen LogP contribution in [0.5, 0.6) is 11.8 Å². The van der Waals surface area contributed by atoms with E-state index in [4.69, 9.17) is 21.1 Å². The zero-order valence-electron chi connectivity index (χ0n) is 9.94. The summed E-state index contributed by atoms with van der Waals surface area (Å²) in [6, 6.07) is 1.64. The number of hydrogen-bond donors (Lipinski definition) is 1. The summed E-state index contributed by atoms with van der Waals surface area (Å²) in [6.07, 6.45) is 2.10. The number of rotatable bonds is 5. The number of nitrogens with one attached hydrogen (secondary N) is 1. The van der Waals surface area contributed by atoms with Gasteiger partial charge in [-0.2, -0.15) is 9.97 Å². The molecule has 17 heavy (non-hydrogen) atoms. The lowest BCUT2D eigenvalue weighted by Gasteiger charge is -2.30. The highest BCUT2D eigenvalue weighted by atomic mass is 35.5. The number of ether oxygens (including phenoxy) is 2. The summed E-state index contributed by atoms with van der Waals surface area (Å²) in [6.45, 7) is 0.833. The third kappa shape index (κ3) is 3.12. The van der Waals surface area contributed by atoms with Crippen LogP contribution in [0.15, 0.2) is 6.07 Å². The van der Waals surface area contributed by atoms with Gasteiger partial charge >= 0.3 is 0 Å². The molecule has 6 heteroatoms. The van der Waals surface area contributed by atoms with Crippen LogP contribution < -0.4 is 14.8 Å². The zero-order valence-corrected chi connectivity index (χ0v) is 10.7. The van der Waals surface area contributed by atoms with E-state index >= 15 is 0 Å². The fourth-order valence-electron chi connectivity index (χ4n) is 1.75. The summed E-state index contributed by atoms with van der Waals surface area (Å²) in [7, 11) is 3.13. The Hall–Kier alpha value is -1.23. The third-order valence-electron chi connectivity index (χ3n) is 2.82. The van der Waals surface area contributed by atoms with E-state index in [0.717, 1.165) is 19.4 Å². The molecule has 1 saturated carbocycles. The predicted octanol–water partition coefficient (Wildman–Crippen LogP) is 1.92. The number of anilines is 1. The van der Waals surface area contributed by atoms with Crippen molar-refractivity contribution in [1.82, 2.24) is 9.97 Å². The molecule has 5 nitrogen and oxygen atoms in total. The summed E-state index contributed by atoms with van der Waals surface area (Å²) >= 11 is 5.92. The highest BCUT2D eigenvalue weighted by Gasteiger charge is 2.26. The Morgan fingerprint density at radius 3 is 2.35 bits per heavy atom. The Bertz CT molecular complexity index is 361. The number of aromatic nitrogens is 2. The summed E-state index contributed by atoms with van der Waals surface area (Å²) < 4.78 is 10.1. The van der Waals surface area contributed by atoms with Crippen LogP contribution in [0.3, 0.4) is 0 Å². The molecule has 1 aliphatic carbocycles. The number of hydrogen-bond acceptors (Lipinski definition) is 5. The van der Waals surface area contributed by atoms with Gasteiger partial charge in [0.15, 0.2) is 0 Å². The minimum absolute atomic E-state index is 0.336. The first-order valence-corrected chi connectivity index (χ1v) is 6.00. The molecule has 1 fully saturated rings. The maximum Gasteiger partial charge on any atom is 0.229 e. The van der Waals surface area contributed by atoms with Gasteiger partial charge in [-0.1, -0.05) is 0 Å². The molecule has 1 aromatic heterocycles. The van der Waals surface area contributed by atoms with Crippen LogP contribution in [0.1, 0.15) is 12.8 Å². The summed E-state index contributed by atoms with van der Waals surface area (Å²) in [4.78, 5) is 8.38. The standard InChI is InChI=1S/C11H16ClN3O2/c1-16-9-5-10(17-2)15-11(14-9)13-6-7-3-8(12)4-7/h5,7-8H,3-4,6H2,1-2H3,(H,13,14,15). The maximum atomic E-state index is 5.92. The zero-order chi connectivity index (χ0) is 12.3. The SMILES string of the molecule is COc1cc(OC)nc(NCC2CC(Cl)C2)n1. The predicted molar refractivity (Wildman–Crippen MR) is 66.0 cm³/mol. The van der Waals surface area contributed by atoms with Gasteiger partial charge in [0, 0.05) is 11.9 Å². The van der Waals surface area contributed by atoms with Crippen LogP contribution in [0.25, 0.3) is 0 Å². The molecule has 1 heterocycles. The van der Waals surface area contributed by atoms with Crippen molar-refractivity contribution in [2.75, 3.05) is 26.1 Å². The van der Waals surface area contributed by atoms with E-state index < -0.39 is 0 Å². The van der Waals surface area contributed by atoms with Crippen molar-refractivity contribution < 1.29 is 9.47 Å². The molecule has 94 valence electrons. The van der Waals surface area contributed by atoms with E-state index in [2.05, 4.69) is 15.3 Å². The first-order chi connectivity index (χ1) is 8.21. The highest BCUT2D eigenvalue weighted by Crippen LogP contribution is 2.31. The lowest BCUT2D eigenvalue weighted by atomic mass is 9.85. The first kappa shape index (κ1) is 12.2. The van der Waals surface area contributed by atoms with Crippen molar-refractivity contribution in [2.45, 2.75) is 18.2 Å². The van der Waals surface area contributed by atoms with Gasteiger partial charge in [0.05, 0.1) is 20.3 Å². The van der Waals surface area contributed by atoms with Crippen molar-refractivity contribution in [3.05, 3.63) is 6.07 Å². The average Bonchev–Trinajstić information content (AvgIpc) is 2.32. The molecule has 0 bridgehead atoms. The van der Waals surface area contributed by atoms with Gasteiger partial charge in [-0.3, -0.25) is 0 Å². The molecule has 0 saturated heterocycles. The lowest BCUT2D eigenvalue weighted by Crippen LogP contribution is -2.30. The summed E-state index contributed by atoms with van der Waals surface area (Å²) in [5.74, 6) is 2.11. The highest BCUT2D eigenvalue weighted by molar-refractivity contribution is 6.21. The van der Waals surface area contributed by atoms with E-state index in [1.54, 1.807) is 20.3 Å². The Labute approximate surface area is 105 Å². The Balaban J connectivity index is 1.94. The molecule has 2 rings (SSSR count). The normalized spacial score (nSPS) is 22.8. The molecule has 1 aromatic rings. The average molecular weight is 258 g/mol. The maximum absolute atomic E-state index is 5.92. The van der Waals surface area contributed by atoms with E-state index in [0.29, 0.717) is 29.0 Å². The second kappa shape index (κ2) is 5.40. The van der Waals surface area contributed by atoms with E-state index in [9.17, 15) is 0 Å². The van der Waals surface area contributed by atoms with Crippen LogP contribution >= 0.6 is 11.6 Å². The number of methoxy groups -OCH3 is 2. The molecule has 0 spiro atoms. The Morgan fingerprint density at radius 1 is 1.29 bits per heavy atom. The third-order valence-corrected chi connectivity index (χ3v) is 3.18. The molecule has 0 aliphatic heterocycles. The fraction of sp³-hybridized carbons (Fsp3) is 0.636. The van der Waals surface area contributed by atoms with Crippen molar-refractivity contribution in [3.63, 3.8) is 0 Å². The second-order valence-electron chi connectivity index (χ2n) is 4.09. The summed E-state index contributed by atoms with van der Waals surface area (Å²) in [5.41, 5.74) is 0. The molecule has 0 unspecified atom stereocenters. The van der Waals surface area contributed by atoms with Crippen LogP contribution in [-0.2, 0) is 0 Å². The fourth-order valence-corrected chi connectivity index (χ4v) is 2.25. The topological polar surface area (TPSA) is 56.3 Å². The van der Waals surface area contributed by atoms with Crippen molar-refractivity contribution in [2.24, 2.45) is 5.92 Å². The molecule has 1 N–H and O–H groups in total. The molecular formula is C11H16ClN3O2. The van der Waals surface area contributed by atoms with Gasteiger partial charge < -0.3 is 14.8 Å². The van der Waals surface area contributed by atoms with E-state index in [-0.39, 0.29) is 0 Å². The number of halogens is 1. The van der Waals surface area contributed by atoms with Crippen molar-refractivity contribution in [1.29, 1.82) is 0 Å². The molecule has 0 radical (unpaired) electrons. The van der Waals surface area contributed by atoms with Gasteiger partial charge in [-0.05, 0) is 18.8 Å². The van der Waals surface area contributed by atoms with Crippen LogP contribution in [0.4, 0.5) is 5.95 Å². The minimum atomic E-state index is 0.336. The largest absolute Gasteiger partial charge is 0.481 e. The van der Waals surface area contributed by atoms with Crippen LogP contribution in [0, 0.1) is 5.92 Å². The molecular weight excluding hydrogens is 242 g/mol. The monoisotopic (exact) mass is 257 g/mol. The summed E-state index contributed by atoms with van der Waals surface area (Å²) in [5, 5.41) is 3.51. The van der Waals surface area contributed by atoms with Gasteiger partial charge in [0.1, 0.15) is 0 Å². The van der Waals surface area contributed by atoms with Gasteiger partial charge in [0.2, 0.25) is 17.7 Å². The van der Waals surface area contributed by atoms with Crippen molar-refractivity contribution in [3.8, 4) is 11.8 Å². The van der Waals surface area contributed by atoms with Crippen LogP contribution in [-0.4, -0.2) is 36.1 Å². The molecule has 1 aliphatic rings. The van der Waals surface area contributed by atoms with Crippen LogP contribution in [0.2, 0.25) is 0 Å².